The monoisotopic (exact) mass is 394 g/mol. The first-order chi connectivity index (χ1) is 13.7. The highest BCUT2D eigenvalue weighted by Crippen LogP contribution is 2.33. The Morgan fingerprint density at radius 2 is 1.96 bits per heavy atom. The molecule has 5 nitrogen and oxygen atoms in total. The molecule has 0 aliphatic carbocycles. The van der Waals surface area contributed by atoms with Crippen molar-refractivity contribution in [3.8, 4) is 17.0 Å². The minimum Gasteiger partial charge on any atom is -0.497 e. The third-order valence-electron chi connectivity index (χ3n) is 4.87. The van der Waals surface area contributed by atoms with E-state index in [9.17, 15) is 4.79 Å². The number of anilines is 1. The first kappa shape index (κ1) is 18.5. The van der Waals surface area contributed by atoms with Crippen LogP contribution in [0, 0.1) is 0 Å². The van der Waals surface area contributed by atoms with Gasteiger partial charge in [-0.25, -0.2) is 9.78 Å². The Labute approximate surface area is 168 Å². The minimum atomic E-state index is -0.265. The van der Waals surface area contributed by atoms with E-state index in [2.05, 4.69) is 4.90 Å². The second-order valence-electron chi connectivity index (χ2n) is 6.69. The summed E-state index contributed by atoms with van der Waals surface area (Å²) in [6, 6.07) is 17.3. The molecule has 144 valence electrons. The van der Waals surface area contributed by atoms with E-state index in [-0.39, 0.29) is 12.0 Å². The fourth-order valence-electron chi connectivity index (χ4n) is 3.36. The van der Waals surface area contributed by atoms with E-state index < -0.39 is 0 Å². The molecule has 4 rings (SSSR count). The molecule has 1 fully saturated rings. The first-order valence-electron chi connectivity index (χ1n) is 9.32. The number of carbonyl (C=O) groups is 1. The second kappa shape index (κ2) is 8.44. The third-order valence-corrected chi connectivity index (χ3v) is 5.75. The molecule has 1 aromatic heterocycles. The highest BCUT2D eigenvalue weighted by molar-refractivity contribution is 7.14. The molecule has 28 heavy (non-hydrogen) atoms. The number of aromatic nitrogens is 1. The van der Waals surface area contributed by atoms with Crippen molar-refractivity contribution in [2.75, 3.05) is 18.6 Å². The number of esters is 1. The average molecular weight is 394 g/mol. The molecule has 2 heterocycles. The maximum atomic E-state index is 12.6. The van der Waals surface area contributed by atoms with Crippen LogP contribution in [0.4, 0.5) is 5.13 Å². The van der Waals surface area contributed by atoms with Crippen molar-refractivity contribution in [1.29, 1.82) is 0 Å². The molecule has 1 aliphatic heterocycles. The van der Waals surface area contributed by atoms with Crippen molar-refractivity contribution in [2.45, 2.75) is 25.5 Å². The molecular weight excluding hydrogens is 372 g/mol. The molecule has 0 spiro atoms. The topological polar surface area (TPSA) is 51.7 Å². The summed E-state index contributed by atoms with van der Waals surface area (Å²) >= 11 is 1.56. The lowest BCUT2D eigenvalue weighted by atomic mass is 10.2. The number of carbonyl (C=O) groups excluding carboxylic acids is 1. The van der Waals surface area contributed by atoms with E-state index in [0.29, 0.717) is 6.61 Å². The largest absolute Gasteiger partial charge is 0.497 e. The number of benzene rings is 2. The molecule has 1 unspecified atom stereocenters. The molecule has 6 heteroatoms. The fraction of sp³-hybridized carbons (Fsp3) is 0.273. The average Bonchev–Trinajstić information content (AvgIpc) is 3.42. The van der Waals surface area contributed by atoms with Gasteiger partial charge < -0.3 is 14.4 Å². The smallest absolute Gasteiger partial charge is 0.329 e. The molecule has 2 aromatic carbocycles. The van der Waals surface area contributed by atoms with E-state index in [1.54, 1.807) is 18.4 Å². The predicted octanol–water partition coefficient (Wildman–Crippen LogP) is 4.53. The number of nitrogens with zero attached hydrogens (tertiary/aromatic N) is 2. The van der Waals surface area contributed by atoms with Crippen LogP contribution in [0.15, 0.2) is 60.0 Å². The van der Waals surface area contributed by atoms with E-state index >= 15 is 0 Å². The van der Waals surface area contributed by atoms with Crippen LogP contribution >= 0.6 is 11.3 Å². The highest BCUT2D eigenvalue weighted by atomic mass is 32.1. The van der Waals surface area contributed by atoms with Crippen molar-refractivity contribution in [2.24, 2.45) is 0 Å². The maximum Gasteiger partial charge on any atom is 0.329 e. The van der Waals surface area contributed by atoms with E-state index in [0.717, 1.165) is 47.1 Å². The molecule has 1 aliphatic rings. The standard InChI is InChI=1S/C22H22N2O3S/c1-26-18-11-9-17(10-12-18)19-15-28-22(23-19)24-13-5-8-20(24)21(25)27-14-16-6-3-2-4-7-16/h2-4,6-7,9-12,15,20H,5,8,13-14H2,1H3. The van der Waals surface area contributed by atoms with Gasteiger partial charge in [-0.3, -0.25) is 0 Å². The Morgan fingerprint density at radius 3 is 2.71 bits per heavy atom. The Hall–Kier alpha value is -2.86. The number of thiazole rings is 1. The fourth-order valence-corrected chi connectivity index (χ4v) is 4.27. The van der Waals surface area contributed by atoms with E-state index in [1.807, 2.05) is 60.0 Å². The van der Waals surface area contributed by atoms with Gasteiger partial charge in [0.05, 0.1) is 12.8 Å². The van der Waals surface area contributed by atoms with Gasteiger partial charge in [0.2, 0.25) is 0 Å². The number of hydrogen-bond acceptors (Lipinski definition) is 6. The summed E-state index contributed by atoms with van der Waals surface area (Å²) in [5, 5.41) is 2.90. The number of methoxy groups -OCH3 is 1. The van der Waals surface area contributed by atoms with Gasteiger partial charge in [-0.1, -0.05) is 30.3 Å². The van der Waals surface area contributed by atoms with Crippen molar-refractivity contribution in [3.05, 3.63) is 65.5 Å². The van der Waals surface area contributed by atoms with Gasteiger partial charge in [-0.15, -0.1) is 11.3 Å². The Kier molecular flexibility index (Phi) is 5.58. The van der Waals surface area contributed by atoms with Crippen LogP contribution in [0.5, 0.6) is 5.75 Å². The van der Waals surface area contributed by atoms with Crippen LogP contribution in [0.3, 0.4) is 0 Å². The van der Waals surface area contributed by atoms with Gasteiger partial charge in [0.1, 0.15) is 18.4 Å². The highest BCUT2D eigenvalue weighted by Gasteiger charge is 2.33. The number of hydrogen-bond donors (Lipinski definition) is 0. The van der Waals surface area contributed by atoms with Crippen LogP contribution in [0.25, 0.3) is 11.3 Å². The van der Waals surface area contributed by atoms with E-state index in [4.69, 9.17) is 14.5 Å². The van der Waals surface area contributed by atoms with Crippen molar-refractivity contribution < 1.29 is 14.3 Å². The van der Waals surface area contributed by atoms with Gasteiger partial charge >= 0.3 is 5.97 Å². The van der Waals surface area contributed by atoms with Gasteiger partial charge in [0.15, 0.2) is 5.13 Å². The molecule has 3 aromatic rings. The normalized spacial score (nSPS) is 16.2. The molecule has 0 bridgehead atoms. The van der Waals surface area contributed by atoms with Gasteiger partial charge in [-0.2, -0.15) is 0 Å². The summed E-state index contributed by atoms with van der Waals surface area (Å²) in [4.78, 5) is 19.5. The first-order valence-corrected chi connectivity index (χ1v) is 10.2. The number of ether oxygens (including phenoxy) is 2. The second-order valence-corrected chi connectivity index (χ2v) is 7.53. The molecule has 1 atom stereocenters. The van der Waals surface area contributed by atoms with Crippen LogP contribution in [0.2, 0.25) is 0 Å². The SMILES string of the molecule is COc1ccc(-c2csc(N3CCCC3C(=O)OCc3ccccc3)n2)cc1. The molecular formula is C22H22N2O3S. The van der Waals surface area contributed by atoms with Crippen molar-refractivity contribution >= 4 is 22.4 Å². The third kappa shape index (κ3) is 4.02. The Balaban J connectivity index is 1.44. The summed E-state index contributed by atoms with van der Waals surface area (Å²) in [6.45, 7) is 1.12. The lowest BCUT2D eigenvalue weighted by Gasteiger charge is -2.22. The lowest BCUT2D eigenvalue weighted by Crippen LogP contribution is -2.37. The van der Waals surface area contributed by atoms with Crippen molar-refractivity contribution in [1.82, 2.24) is 4.98 Å². The predicted molar refractivity (Wildman–Crippen MR) is 111 cm³/mol. The molecule has 0 saturated carbocycles. The van der Waals surface area contributed by atoms with Crippen LogP contribution in [-0.2, 0) is 16.1 Å². The maximum absolute atomic E-state index is 12.6. The van der Waals surface area contributed by atoms with Gasteiger partial charge in [0, 0.05) is 17.5 Å². The van der Waals surface area contributed by atoms with Crippen LogP contribution in [0.1, 0.15) is 18.4 Å². The molecule has 0 radical (unpaired) electrons. The summed E-state index contributed by atoms with van der Waals surface area (Å²) < 4.78 is 10.8. The molecule has 0 amide bonds. The number of rotatable bonds is 6. The van der Waals surface area contributed by atoms with Crippen LogP contribution in [-0.4, -0.2) is 30.6 Å². The Morgan fingerprint density at radius 1 is 1.18 bits per heavy atom. The Bertz CT molecular complexity index is 924. The summed E-state index contributed by atoms with van der Waals surface area (Å²) in [7, 11) is 1.65. The lowest BCUT2D eigenvalue weighted by molar-refractivity contribution is -0.146. The van der Waals surface area contributed by atoms with Gasteiger partial charge in [0.25, 0.3) is 0 Å². The van der Waals surface area contributed by atoms with E-state index in [1.165, 1.54) is 0 Å². The zero-order valence-corrected chi connectivity index (χ0v) is 16.5. The van der Waals surface area contributed by atoms with Gasteiger partial charge in [-0.05, 0) is 42.7 Å². The van der Waals surface area contributed by atoms with Crippen molar-refractivity contribution in [3.63, 3.8) is 0 Å². The molecule has 1 saturated heterocycles. The summed E-state index contributed by atoms with van der Waals surface area (Å²) in [6.07, 6.45) is 1.76. The quantitative estimate of drug-likeness (QED) is 0.575. The minimum absolute atomic E-state index is 0.178. The molecule has 0 N–H and O–H groups in total. The zero-order valence-electron chi connectivity index (χ0n) is 15.7. The summed E-state index contributed by atoms with van der Waals surface area (Å²) in [5.41, 5.74) is 2.94. The zero-order chi connectivity index (χ0) is 19.3. The summed E-state index contributed by atoms with van der Waals surface area (Å²) in [5.74, 6) is 0.641. The van der Waals surface area contributed by atoms with Crippen LogP contribution < -0.4 is 9.64 Å².